The van der Waals surface area contributed by atoms with Crippen LogP contribution in [0.3, 0.4) is 0 Å². The molecule has 4 nitrogen and oxygen atoms in total. The van der Waals surface area contributed by atoms with E-state index >= 15 is 0 Å². The van der Waals surface area contributed by atoms with Crippen molar-refractivity contribution in [3.63, 3.8) is 0 Å². The summed E-state index contributed by atoms with van der Waals surface area (Å²) in [5.41, 5.74) is 0.275. The minimum Gasteiger partial charge on any atom is -0.325 e. The normalized spacial score (nSPS) is 19.2. The van der Waals surface area contributed by atoms with E-state index in [-0.39, 0.29) is 11.6 Å². The molecule has 0 aliphatic carbocycles. The molecule has 1 unspecified atom stereocenters. The van der Waals surface area contributed by atoms with Crippen molar-refractivity contribution in [2.24, 2.45) is 0 Å². The standard InChI is InChI=1S/C13H15FN2O2/c1-2-3-7-11-12(17)16(13(18)15-11)10-6-4-5-9(14)8-10/h4-6,8,11H,2-3,7H2,1H3,(H,15,18). The first-order valence-electron chi connectivity index (χ1n) is 6.03. The van der Waals surface area contributed by atoms with Crippen molar-refractivity contribution >= 4 is 17.6 Å². The SMILES string of the molecule is CCCCC1NC(=O)N(c2cccc(F)c2)C1=O. The van der Waals surface area contributed by atoms with Gasteiger partial charge in [0, 0.05) is 0 Å². The number of urea groups is 1. The van der Waals surface area contributed by atoms with Crippen LogP contribution in [0, 0.1) is 5.82 Å². The molecule has 0 aromatic heterocycles. The minimum absolute atomic E-state index is 0.275. The molecule has 96 valence electrons. The lowest BCUT2D eigenvalue weighted by atomic mass is 10.1. The van der Waals surface area contributed by atoms with E-state index in [0.29, 0.717) is 6.42 Å². The number of benzene rings is 1. The van der Waals surface area contributed by atoms with E-state index in [1.807, 2.05) is 6.92 Å². The molecule has 1 aliphatic rings. The number of carbonyl (C=O) groups is 2. The van der Waals surface area contributed by atoms with Gasteiger partial charge in [0.1, 0.15) is 11.9 Å². The van der Waals surface area contributed by atoms with Gasteiger partial charge in [-0.1, -0.05) is 25.8 Å². The van der Waals surface area contributed by atoms with E-state index < -0.39 is 17.9 Å². The van der Waals surface area contributed by atoms with Crippen molar-refractivity contribution in [2.75, 3.05) is 4.90 Å². The number of nitrogens with one attached hydrogen (secondary N) is 1. The zero-order valence-corrected chi connectivity index (χ0v) is 10.1. The third kappa shape index (κ3) is 2.34. The van der Waals surface area contributed by atoms with E-state index in [2.05, 4.69) is 5.32 Å². The van der Waals surface area contributed by atoms with Crippen LogP contribution < -0.4 is 10.2 Å². The second kappa shape index (κ2) is 5.16. The summed E-state index contributed by atoms with van der Waals surface area (Å²) in [5, 5.41) is 2.62. The largest absolute Gasteiger partial charge is 0.329 e. The Kier molecular flexibility index (Phi) is 3.60. The Balaban J connectivity index is 2.19. The van der Waals surface area contributed by atoms with Crippen LogP contribution in [0.4, 0.5) is 14.9 Å². The van der Waals surface area contributed by atoms with E-state index in [4.69, 9.17) is 0 Å². The number of anilines is 1. The Bertz CT molecular complexity index is 476. The summed E-state index contributed by atoms with van der Waals surface area (Å²) < 4.78 is 13.1. The molecular formula is C13H15FN2O2. The summed E-state index contributed by atoms with van der Waals surface area (Å²) >= 11 is 0. The number of imide groups is 1. The molecule has 0 spiro atoms. The molecule has 3 amide bonds. The van der Waals surface area contributed by atoms with Crippen molar-refractivity contribution in [1.29, 1.82) is 0 Å². The molecular weight excluding hydrogens is 235 g/mol. The van der Waals surface area contributed by atoms with Crippen molar-refractivity contribution in [3.05, 3.63) is 30.1 Å². The van der Waals surface area contributed by atoms with Crippen LogP contribution in [0.5, 0.6) is 0 Å². The van der Waals surface area contributed by atoms with Crippen LogP contribution in [0.1, 0.15) is 26.2 Å². The zero-order valence-electron chi connectivity index (χ0n) is 10.1. The molecule has 1 aliphatic heterocycles. The monoisotopic (exact) mass is 250 g/mol. The molecule has 1 aromatic rings. The number of carbonyl (C=O) groups excluding carboxylic acids is 2. The number of amides is 3. The predicted molar refractivity (Wildman–Crippen MR) is 65.7 cm³/mol. The van der Waals surface area contributed by atoms with E-state index in [0.717, 1.165) is 17.7 Å². The molecule has 5 heteroatoms. The lowest BCUT2D eigenvalue weighted by Crippen LogP contribution is -2.31. The minimum atomic E-state index is -0.485. The zero-order chi connectivity index (χ0) is 13.1. The lowest BCUT2D eigenvalue weighted by molar-refractivity contribution is -0.118. The third-order valence-electron chi connectivity index (χ3n) is 2.93. The molecule has 1 fully saturated rings. The van der Waals surface area contributed by atoms with Crippen LogP contribution in [0.15, 0.2) is 24.3 Å². The molecule has 1 heterocycles. The smallest absolute Gasteiger partial charge is 0.325 e. The van der Waals surface area contributed by atoms with Gasteiger partial charge in [-0.2, -0.15) is 0 Å². The molecule has 2 rings (SSSR count). The Morgan fingerprint density at radius 2 is 2.17 bits per heavy atom. The summed E-state index contributed by atoms with van der Waals surface area (Å²) in [4.78, 5) is 24.8. The topological polar surface area (TPSA) is 49.4 Å². The highest BCUT2D eigenvalue weighted by atomic mass is 19.1. The van der Waals surface area contributed by atoms with Gasteiger partial charge in [0.15, 0.2) is 0 Å². The van der Waals surface area contributed by atoms with Crippen LogP contribution in [0.25, 0.3) is 0 Å². The molecule has 1 N–H and O–H groups in total. The first kappa shape index (κ1) is 12.5. The van der Waals surface area contributed by atoms with E-state index in [1.165, 1.54) is 18.2 Å². The highest BCUT2D eigenvalue weighted by Gasteiger charge is 2.38. The number of nitrogens with zero attached hydrogens (tertiary/aromatic N) is 1. The summed E-state index contributed by atoms with van der Waals surface area (Å²) in [6.07, 6.45) is 2.44. The number of unbranched alkanes of at least 4 members (excludes halogenated alkanes) is 1. The molecule has 0 saturated carbocycles. The quantitative estimate of drug-likeness (QED) is 0.834. The summed E-state index contributed by atoms with van der Waals surface area (Å²) in [6, 6.07) is 4.51. The van der Waals surface area contributed by atoms with Crippen molar-refractivity contribution in [3.8, 4) is 0 Å². The lowest BCUT2D eigenvalue weighted by Gasteiger charge is -2.12. The number of hydrogen-bond acceptors (Lipinski definition) is 2. The fourth-order valence-corrected chi connectivity index (χ4v) is 1.99. The van der Waals surface area contributed by atoms with Crippen LogP contribution in [-0.2, 0) is 4.79 Å². The van der Waals surface area contributed by atoms with Gasteiger partial charge >= 0.3 is 6.03 Å². The Morgan fingerprint density at radius 3 is 2.83 bits per heavy atom. The van der Waals surface area contributed by atoms with Crippen molar-refractivity contribution in [1.82, 2.24) is 5.32 Å². The third-order valence-corrected chi connectivity index (χ3v) is 2.93. The molecule has 18 heavy (non-hydrogen) atoms. The molecule has 1 atom stereocenters. The fourth-order valence-electron chi connectivity index (χ4n) is 1.99. The maximum Gasteiger partial charge on any atom is 0.329 e. The molecule has 1 saturated heterocycles. The van der Waals surface area contributed by atoms with Crippen molar-refractivity contribution < 1.29 is 14.0 Å². The maximum absolute atomic E-state index is 13.1. The Morgan fingerprint density at radius 1 is 1.39 bits per heavy atom. The molecule has 0 radical (unpaired) electrons. The van der Waals surface area contributed by atoms with Crippen LogP contribution in [-0.4, -0.2) is 18.0 Å². The van der Waals surface area contributed by atoms with Gasteiger partial charge in [-0.15, -0.1) is 0 Å². The van der Waals surface area contributed by atoms with Crippen LogP contribution >= 0.6 is 0 Å². The first-order chi connectivity index (χ1) is 8.63. The average Bonchev–Trinajstić information content (AvgIpc) is 2.62. The first-order valence-corrected chi connectivity index (χ1v) is 6.03. The highest BCUT2D eigenvalue weighted by molar-refractivity contribution is 6.21. The predicted octanol–water partition coefficient (Wildman–Crippen LogP) is 2.44. The summed E-state index contributed by atoms with van der Waals surface area (Å²) in [5.74, 6) is -0.774. The molecule has 0 bridgehead atoms. The number of rotatable bonds is 4. The van der Waals surface area contributed by atoms with Gasteiger partial charge in [0.25, 0.3) is 5.91 Å². The van der Waals surface area contributed by atoms with Gasteiger partial charge in [-0.3, -0.25) is 4.79 Å². The summed E-state index contributed by atoms with van der Waals surface area (Å²) in [6.45, 7) is 2.02. The summed E-state index contributed by atoms with van der Waals surface area (Å²) in [7, 11) is 0. The number of hydrogen-bond donors (Lipinski definition) is 1. The second-order valence-electron chi connectivity index (χ2n) is 4.30. The van der Waals surface area contributed by atoms with Gasteiger partial charge < -0.3 is 5.32 Å². The highest BCUT2D eigenvalue weighted by Crippen LogP contribution is 2.22. The van der Waals surface area contributed by atoms with Crippen molar-refractivity contribution in [2.45, 2.75) is 32.2 Å². The van der Waals surface area contributed by atoms with Gasteiger partial charge in [0.05, 0.1) is 5.69 Å². The van der Waals surface area contributed by atoms with E-state index in [1.54, 1.807) is 6.07 Å². The number of halogens is 1. The fraction of sp³-hybridized carbons (Fsp3) is 0.385. The Hall–Kier alpha value is -1.91. The van der Waals surface area contributed by atoms with Gasteiger partial charge in [0.2, 0.25) is 0 Å². The maximum atomic E-state index is 13.1. The van der Waals surface area contributed by atoms with Gasteiger partial charge in [-0.25, -0.2) is 14.1 Å². The second-order valence-corrected chi connectivity index (χ2v) is 4.30. The van der Waals surface area contributed by atoms with Crippen LogP contribution in [0.2, 0.25) is 0 Å². The van der Waals surface area contributed by atoms with Gasteiger partial charge in [-0.05, 0) is 24.6 Å². The Labute approximate surface area is 105 Å². The average molecular weight is 250 g/mol. The molecule has 1 aromatic carbocycles. The van der Waals surface area contributed by atoms with E-state index in [9.17, 15) is 14.0 Å².